The lowest BCUT2D eigenvalue weighted by molar-refractivity contribution is -0.384. The van der Waals surface area contributed by atoms with Crippen LogP contribution in [0.3, 0.4) is 0 Å². The number of benzene rings is 1. The number of hydrogen-bond donors (Lipinski definition) is 1. The molecule has 0 spiro atoms. The third kappa shape index (κ3) is 2.82. The predicted octanol–water partition coefficient (Wildman–Crippen LogP) is 3.50. The van der Waals surface area contributed by atoms with Crippen molar-refractivity contribution in [3.63, 3.8) is 0 Å². The quantitative estimate of drug-likeness (QED) is 0.588. The number of nitro groups is 1. The summed E-state index contributed by atoms with van der Waals surface area (Å²) in [5.74, 6) is 0.863. The van der Waals surface area contributed by atoms with E-state index < -0.39 is 4.92 Å². The molecule has 0 aliphatic carbocycles. The van der Waals surface area contributed by atoms with Crippen LogP contribution in [0, 0.1) is 17.0 Å². The van der Waals surface area contributed by atoms with Gasteiger partial charge >= 0.3 is 0 Å². The molecule has 0 unspecified atom stereocenters. The van der Waals surface area contributed by atoms with E-state index in [9.17, 15) is 10.1 Å². The third-order valence-electron chi connectivity index (χ3n) is 3.12. The average Bonchev–Trinajstić information content (AvgIpc) is 3.06. The SMILES string of the molecule is Cc1cc(Nc2nc(-c3ccc([N+](=O)[O-])cc3)cs2)n(C)n1. The number of non-ortho nitro benzene ring substituents is 1. The molecule has 22 heavy (non-hydrogen) atoms. The Labute approximate surface area is 130 Å². The van der Waals surface area contributed by atoms with E-state index in [0.717, 1.165) is 27.9 Å². The van der Waals surface area contributed by atoms with Crippen LogP contribution in [0.2, 0.25) is 0 Å². The Kier molecular flexibility index (Phi) is 3.60. The van der Waals surface area contributed by atoms with Gasteiger partial charge in [-0.25, -0.2) is 4.98 Å². The van der Waals surface area contributed by atoms with Crippen molar-refractivity contribution in [3.8, 4) is 11.3 Å². The molecule has 0 bridgehead atoms. The molecule has 0 saturated heterocycles. The van der Waals surface area contributed by atoms with Gasteiger partial charge in [-0.15, -0.1) is 11.3 Å². The Balaban J connectivity index is 1.81. The Morgan fingerprint density at radius 1 is 1.32 bits per heavy atom. The number of aryl methyl sites for hydroxylation is 2. The van der Waals surface area contributed by atoms with Gasteiger partial charge in [0.05, 0.1) is 16.3 Å². The molecular formula is C14H13N5O2S. The molecule has 3 rings (SSSR count). The molecule has 3 aromatic rings. The van der Waals surface area contributed by atoms with E-state index in [0.29, 0.717) is 0 Å². The van der Waals surface area contributed by atoms with Crippen LogP contribution < -0.4 is 5.32 Å². The number of nitrogens with zero attached hydrogens (tertiary/aromatic N) is 4. The lowest BCUT2D eigenvalue weighted by Crippen LogP contribution is -1.98. The van der Waals surface area contributed by atoms with Gasteiger partial charge in [-0.05, 0) is 19.1 Å². The molecule has 8 heteroatoms. The highest BCUT2D eigenvalue weighted by Gasteiger charge is 2.09. The largest absolute Gasteiger partial charge is 0.316 e. The first-order valence-corrected chi connectivity index (χ1v) is 7.39. The van der Waals surface area contributed by atoms with Crippen LogP contribution in [0.1, 0.15) is 5.69 Å². The van der Waals surface area contributed by atoms with Crippen molar-refractivity contribution in [2.75, 3.05) is 5.32 Å². The molecule has 0 aliphatic heterocycles. The van der Waals surface area contributed by atoms with Crippen LogP contribution in [-0.2, 0) is 7.05 Å². The summed E-state index contributed by atoms with van der Waals surface area (Å²) in [5, 5.41) is 20.8. The zero-order valence-electron chi connectivity index (χ0n) is 12.0. The number of hydrogen-bond acceptors (Lipinski definition) is 6. The number of aromatic nitrogens is 3. The molecule has 0 aliphatic rings. The van der Waals surface area contributed by atoms with Gasteiger partial charge in [0.25, 0.3) is 5.69 Å². The fraction of sp³-hybridized carbons (Fsp3) is 0.143. The molecule has 0 saturated carbocycles. The first kappa shape index (κ1) is 14.2. The van der Waals surface area contributed by atoms with Gasteiger partial charge in [0, 0.05) is 36.2 Å². The standard InChI is InChI=1S/C14H13N5O2S/c1-9-7-13(18(2)17-9)16-14-15-12(8-22-14)10-3-5-11(6-4-10)19(20)21/h3-8H,1-2H3,(H,15,16). The van der Waals surface area contributed by atoms with E-state index in [1.54, 1.807) is 16.8 Å². The molecule has 112 valence electrons. The van der Waals surface area contributed by atoms with E-state index >= 15 is 0 Å². The summed E-state index contributed by atoms with van der Waals surface area (Å²) >= 11 is 1.47. The average molecular weight is 315 g/mol. The minimum Gasteiger partial charge on any atom is -0.316 e. The van der Waals surface area contributed by atoms with E-state index in [-0.39, 0.29) is 5.69 Å². The van der Waals surface area contributed by atoms with Crippen molar-refractivity contribution in [1.82, 2.24) is 14.8 Å². The van der Waals surface area contributed by atoms with Crippen LogP contribution in [0.5, 0.6) is 0 Å². The molecular weight excluding hydrogens is 302 g/mol. The van der Waals surface area contributed by atoms with Gasteiger partial charge in [0.2, 0.25) is 0 Å². The number of nitrogens with one attached hydrogen (secondary N) is 1. The second-order valence-corrected chi connectivity index (χ2v) is 5.62. The first-order chi connectivity index (χ1) is 10.5. The van der Waals surface area contributed by atoms with E-state index in [1.807, 2.05) is 25.4 Å². The Morgan fingerprint density at radius 3 is 2.64 bits per heavy atom. The molecule has 0 atom stereocenters. The maximum atomic E-state index is 10.7. The molecule has 2 aromatic heterocycles. The summed E-state index contributed by atoms with van der Waals surface area (Å²) in [4.78, 5) is 14.7. The van der Waals surface area contributed by atoms with Crippen LogP contribution in [0.15, 0.2) is 35.7 Å². The van der Waals surface area contributed by atoms with Gasteiger partial charge in [0.1, 0.15) is 5.82 Å². The van der Waals surface area contributed by atoms with Crippen LogP contribution >= 0.6 is 11.3 Å². The summed E-state index contributed by atoms with van der Waals surface area (Å²) in [6.07, 6.45) is 0. The molecule has 0 fully saturated rings. The van der Waals surface area contributed by atoms with Crippen LogP contribution in [0.25, 0.3) is 11.3 Å². The van der Waals surface area contributed by atoms with E-state index in [2.05, 4.69) is 15.4 Å². The smallest absolute Gasteiger partial charge is 0.269 e. The maximum Gasteiger partial charge on any atom is 0.269 e. The fourth-order valence-corrected chi connectivity index (χ4v) is 2.78. The molecule has 0 amide bonds. The van der Waals surface area contributed by atoms with Gasteiger partial charge in [0.15, 0.2) is 5.13 Å². The van der Waals surface area contributed by atoms with Crippen LogP contribution in [-0.4, -0.2) is 19.7 Å². The normalized spacial score (nSPS) is 10.6. The lowest BCUT2D eigenvalue weighted by atomic mass is 10.1. The predicted molar refractivity (Wildman–Crippen MR) is 85.4 cm³/mol. The van der Waals surface area contributed by atoms with Crippen molar-refractivity contribution in [1.29, 1.82) is 0 Å². The maximum absolute atomic E-state index is 10.7. The topological polar surface area (TPSA) is 85.9 Å². The number of thiazole rings is 1. The molecule has 7 nitrogen and oxygen atoms in total. The minimum atomic E-state index is -0.414. The van der Waals surface area contributed by atoms with Crippen molar-refractivity contribution >= 4 is 28.0 Å². The monoisotopic (exact) mass is 315 g/mol. The minimum absolute atomic E-state index is 0.0719. The molecule has 2 heterocycles. The summed E-state index contributed by atoms with van der Waals surface area (Å²) in [7, 11) is 1.86. The van der Waals surface area contributed by atoms with Gasteiger partial charge in [-0.2, -0.15) is 5.10 Å². The van der Waals surface area contributed by atoms with Gasteiger partial charge < -0.3 is 5.32 Å². The van der Waals surface area contributed by atoms with Gasteiger partial charge in [-0.1, -0.05) is 0 Å². The molecule has 1 N–H and O–H groups in total. The lowest BCUT2D eigenvalue weighted by Gasteiger charge is -2.01. The Bertz CT molecular complexity index is 822. The number of nitro benzene ring substituents is 1. The highest BCUT2D eigenvalue weighted by molar-refractivity contribution is 7.14. The number of anilines is 2. The summed E-state index contributed by atoms with van der Waals surface area (Å²) in [5.41, 5.74) is 2.62. The zero-order chi connectivity index (χ0) is 15.7. The third-order valence-corrected chi connectivity index (χ3v) is 3.87. The van der Waals surface area contributed by atoms with E-state index in [1.165, 1.54) is 23.5 Å². The first-order valence-electron chi connectivity index (χ1n) is 6.51. The highest BCUT2D eigenvalue weighted by Crippen LogP contribution is 2.28. The molecule has 0 radical (unpaired) electrons. The van der Waals surface area contributed by atoms with Crippen LogP contribution in [0.4, 0.5) is 16.6 Å². The summed E-state index contributed by atoms with van der Waals surface area (Å²) in [6.45, 7) is 1.93. The van der Waals surface area contributed by atoms with Crippen molar-refractivity contribution in [2.45, 2.75) is 6.92 Å². The fourth-order valence-electron chi connectivity index (χ4n) is 2.05. The Hall–Kier alpha value is -2.74. The second kappa shape index (κ2) is 5.57. The Morgan fingerprint density at radius 2 is 2.05 bits per heavy atom. The highest BCUT2D eigenvalue weighted by atomic mass is 32.1. The van der Waals surface area contributed by atoms with Gasteiger partial charge in [-0.3, -0.25) is 14.8 Å². The van der Waals surface area contributed by atoms with Crippen molar-refractivity contribution in [3.05, 3.63) is 51.5 Å². The van der Waals surface area contributed by atoms with Crippen molar-refractivity contribution in [2.24, 2.45) is 7.05 Å². The number of rotatable bonds is 4. The van der Waals surface area contributed by atoms with Crippen molar-refractivity contribution < 1.29 is 4.92 Å². The molecule has 1 aromatic carbocycles. The second-order valence-electron chi connectivity index (χ2n) is 4.76. The zero-order valence-corrected chi connectivity index (χ0v) is 12.8. The summed E-state index contributed by atoms with van der Waals surface area (Å²) < 4.78 is 1.75. The summed E-state index contributed by atoms with van der Waals surface area (Å²) in [6, 6.07) is 8.29. The van der Waals surface area contributed by atoms with E-state index in [4.69, 9.17) is 0 Å².